The molecule has 174 valence electrons. The lowest BCUT2D eigenvalue weighted by atomic mass is 9.80. The maximum absolute atomic E-state index is 13.8. The minimum Gasteiger partial charge on any atom is -0.459 e. The second-order valence-electron chi connectivity index (χ2n) is 9.48. The van der Waals surface area contributed by atoms with Crippen LogP contribution in [0.1, 0.15) is 69.2 Å². The van der Waals surface area contributed by atoms with Crippen molar-refractivity contribution in [3.63, 3.8) is 0 Å². The summed E-state index contributed by atoms with van der Waals surface area (Å²) in [6.45, 7) is 7.50. The molecule has 0 heterocycles. The molecule has 0 fully saturated rings. The fraction of sp³-hybridized carbons (Fsp3) is 0.444. The lowest BCUT2D eigenvalue weighted by Gasteiger charge is -2.36. The number of nitriles is 1. The van der Waals surface area contributed by atoms with Crippen LogP contribution in [0.3, 0.4) is 0 Å². The van der Waals surface area contributed by atoms with Crippen LogP contribution >= 0.6 is 0 Å². The van der Waals surface area contributed by atoms with E-state index in [2.05, 4.69) is 18.3 Å². The number of esters is 1. The van der Waals surface area contributed by atoms with Crippen molar-refractivity contribution in [1.29, 1.82) is 5.26 Å². The number of hydrogen-bond donors (Lipinski definition) is 1. The van der Waals surface area contributed by atoms with Gasteiger partial charge in [0.05, 0.1) is 11.6 Å². The Bertz CT molecular complexity index is 1040. The van der Waals surface area contributed by atoms with E-state index in [1.165, 1.54) is 0 Å². The molecule has 2 aromatic rings. The van der Waals surface area contributed by atoms with Crippen LogP contribution in [0.15, 0.2) is 48.5 Å². The van der Waals surface area contributed by atoms with E-state index in [9.17, 15) is 14.9 Å². The molecule has 1 amide bonds. The Labute approximate surface area is 195 Å². The molecule has 1 N–H and O–H groups in total. The molecule has 0 aromatic heterocycles. The number of nitrogens with one attached hydrogen (secondary N) is 1. The third kappa shape index (κ3) is 5.36. The van der Waals surface area contributed by atoms with Crippen LogP contribution in [-0.4, -0.2) is 17.7 Å². The van der Waals surface area contributed by atoms with Gasteiger partial charge in [-0.05, 0) is 56.4 Å². The van der Waals surface area contributed by atoms with Crippen molar-refractivity contribution in [2.24, 2.45) is 5.92 Å². The molecule has 0 aliphatic heterocycles. The second kappa shape index (κ2) is 10.1. The molecule has 0 saturated heterocycles. The summed E-state index contributed by atoms with van der Waals surface area (Å²) in [7, 11) is 0. The zero-order valence-electron chi connectivity index (χ0n) is 19.8. The molecular formula is C27H32N2O4. The largest absolute Gasteiger partial charge is 0.459 e. The molecule has 0 saturated carbocycles. The van der Waals surface area contributed by atoms with Crippen LogP contribution in [0.4, 0.5) is 4.79 Å². The minimum absolute atomic E-state index is 0.0885. The summed E-state index contributed by atoms with van der Waals surface area (Å²) in [5.41, 5.74) is 0.619. The van der Waals surface area contributed by atoms with E-state index in [4.69, 9.17) is 9.47 Å². The van der Waals surface area contributed by atoms with E-state index in [1.54, 1.807) is 32.9 Å². The van der Waals surface area contributed by atoms with Crippen molar-refractivity contribution >= 4 is 12.1 Å². The number of rotatable bonds is 7. The highest BCUT2D eigenvalue weighted by molar-refractivity contribution is 5.89. The number of carbonyl (C=O) groups excluding carboxylic acids is 2. The summed E-state index contributed by atoms with van der Waals surface area (Å²) >= 11 is 0. The smallest absolute Gasteiger partial charge is 0.408 e. The van der Waals surface area contributed by atoms with Gasteiger partial charge in [0.1, 0.15) is 12.2 Å². The molecule has 6 nitrogen and oxygen atoms in total. The zero-order chi connectivity index (χ0) is 24.1. The third-order valence-electron chi connectivity index (χ3n) is 5.92. The third-order valence-corrected chi connectivity index (χ3v) is 5.92. The molecule has 0 unspecified atom stereocenters. The average Bonchev–Trinajstić information content (AvgIpc) is 3.09. The van der Waals surface area contributed by atoms with Gasteiger partial charge in [0, 0.05) is 5.92 Å². The van der Waals surface area contributed by atoms with Crippen LogP contribution in [0.5, 0.6) is 0 Å². The summed E-state index contributed by atoms with van der Waals surface area (Å²) in [6, 6.07) is 17.0. The van der Waals surface area contributed by atoms with Crippen molar-refractivity contribution in [3.8, 4) is 6.07 Å². The number of fused-ring (bicyclic) bond motifs is 1. The Morgan fingerprint density at radius 2 is 1.88 bits per heavy atom. The van der Waals surface area contributed by atoms with E-state index >= 15 is 0 Å². The second-order valence-corrected chi connectivity index (χ2v) is 9.48. The molecule has 1 aliphatic carbocycles. The van der Waals surface area contributed by atoms with Crippen LogP contribution in [0, 0.1) is 17.2 Å². The van der Waals surface area contributed by atoms with E-state index in [1.807, 2.05) is 36.4 Å². The Morgan fingerprint density at radius 1 is 1.15 bits per heavy atom. The average molecular weight is 449 g/mol. The molecule has 1 aliphatic rings. The van der Waals surface area contributed by atoms with Crippen LogP contribution < -0.4 is 5.32 Å². The fourth-order valence-electron chi connectivity index (χ4n) is 4.47. The monoisotopic (exact) mass is 448 g/mol. The fourth-order valence-corrected chi connectivity index (χ4v) is 4.47. The number of nitrogens with zero attached hydrogens (tertiary/aromatic N) is 1. The molecule has 33 heavy (non-hydrogen) atoms. The van der Waals surface area contributed by atoms with Gasteiger partial charge in [-0.2, -0.15) is 5.26 Å². The maximum Gasteiger partial charge on any atom is 0.408 e. The molecular weight excluding hydrogens is 416 g/mol. The number of unbranched alkanes of at least 4 members (excludes halogenated alkanes) is 1. The van der Waals surface area contributed by atoms with Crippen LogP contribution in [0.2, 0.25) is 0 Å². The van der Waals surface area contributed by atoms with Gasteiger partial charge in [0.2, 0.25) is 0 Å². The van der Waals surface area contributed by atoms with Gasteiger partial charge in [0.15, 0.2) is 5.54 Å². The van der Waals surface area contributed by atoms with Gasteiger partial charge in [-0.3, -0.25) is 0 Å². The normalized spacial score (nSPS) is 19.3. The highest BCUT2D eigenvalue weighted by atomic mass is 16.6. The van der Waals surface area contributed by atoms with Gasteiger partial charge < -0.3 is 14.8 Å². The van der Waals surface area contributed by atoms with Crippen LogP contribution in [0.25, 0.3) is 0 Å². The van der Waals surface area contributed by atoms with Crippen molar-refractivity contribution in [1.82, 2.24) is 5.32 Å². The Hall–Kier alpha value is -3.33. The summed E-state index contributed by atoms with van der Waals surface area (Å²) < 4.78 is 11.3. The summed E-state index contributed by atoms with van der Waals surface area (Å²) in [4.78, 5) is 26.8. The Kier molecular flexibility index (Phi) is 7.43. The highest BCUT2D eigenvalue weighted by Gasteiger charge is 2.55. The lowest BCUT2D eigenvalue weighted by molar-refractivity contribution is -0.156. The van der Waals surface area contributed by atoms with Crippen molar-refractivity contribution in [2.45, 2.75) is 71.1 Å². The van der Waals surface area contributed by atoms with E-state index in [0.717, 1.165) is 24.0 Å². The molecule has 2 atom stereocenters. The minimum atomic E-state index is -1.42. The quantitative estimate of drug-likeness (QED) is 0.574. The first-order valence-corrected chi connectivity index (χ1v) is 11.5. The Balaban J connectivity index is 2.05. The number of benzene rings is 2. The zero-order valence-corrected chi connectivity index (χ0v) is 19.8. The van der Waals surface area contributed by atoms with E-state index in [-0.39, 0.29) is 12.5 Å². The number of alkyl carbamates (subject to hydrolysis) is 1. The molecule has 0 spiro atoms. The first kappa shape index (κ1) is 24.3. The topological polar surface area (TPSA) is 88.4 Å². The van der Waals surface area contributed by atoms with Gasteiger partial charge in [-0.15, -0.1) is 0 Å². The standard InChI is InChI=1S/C27H32N2O4/c1-5-6-14-21-16-22-20(17-28)13-10-15-23(22)27(21,29-25(31)33-26(2,3)4)24(30)32-18-19-11-8-7-9-12-19/h7-13,15,21H,5-6,14,16,18H2,1-4H3,(H,29,31)/t21-,27+/m0/s1. The first-order chi connectivity index (χ1) is 15.7. The number of amides is 1. The van der Waals surface area contributed by atoms with Gasteiger partial charge >= 0.3 is 12.1 Å². The number of ether oxygens (including phenoxy) is 2. The van der Waals surface area contributed by atoms with Gasteiger partial charge in [-0.1, -0.05) is 62.2 Å². The van der Waals surface area contributed by atoms with E-state index in [0.29, 0.717) is 24.0 Å². The molecule has 3 rings (SSSR count). The molecule has 0 radical (unpaired) electrons. The SMILES string of the molecule is CCCC[C@H]1Cc2c(C#N)cccc2[C@@]1(NC(=O)OC(C)(C)C)C(=O)OCc1ccccc1. The van der Waals surface area contributed by atoms with Crippen molar-refractivity contribution in [2.75, 3.05) is 0 Å². The molecule has 6 heteroatoms. The predicted octanol–water partition coefficient (Wildman–Crippen LogP) is 5.38. The molecule has 0 bridgehead atoms. The van der Waals surface area contributed by atoms with Gasteiger partial charge in [0.25, 0.3) is 0 Å². The van der Waals surface area contributed by atoms with Crippen molar-refractivity contribution in [3.05, 3.63) is 70.8 Å². The molecule has 2 aromatic carbocycles. The maximum atomic E-state index is 13.8. The summed E-state index contributed by atoms with van der Waals surface area (Å²) in [5.74, 6) is -0.787. The summed E-state index contributed by atoms with van der Waals surface area (Å²) in [6.07, 6.45) is 2.35. The van der Waals surface area contributed by atoms with E-state index < -0.39 is 23.2 Å². The van der Waals surface area contributed by atoms with Gasteiger partial charge in [-0.25, -0.2) is 9.59 Å². The van der Waals surface area contributed by atoms with Crippen molar-refractivity contribution < 1.29 is 19.1 Å². The van der Waals surface area contributed by atoms with Crippen LogP contribution in [-0.2, 0) is 32.8 Å². The highest BCUT2D eigenvalue weighted by Crippen LogP contribution is 2.46. The predicted molar refractivity (Wildman–Crippen MR) is 125 cm³/mol. The number of hydrogen-bond acceptors (Lipinski definition) is 5. The Morgan fingerprint density at radius 3 is 2.52 bits per heavy atom. The lowest BCUT2D eigenvalue weighted by Crippen LogP contribution is -2.56. The first-order valence-electron chi connectivity index (χ1n) is 11.5. The number of carbonyl (C=O) groups is 2. The summed E-state index contributed by atoms with van der Waals surface area (Å²) in [5, 5.41) is 12.6.